The highest BCUT2D eigenvalue weighted by molar-refractivity contribution is 6.51. The summed E-state index contributed by atoms with van der Waals surface area (Å²) in [6.45, 7) is 7.33. The summed E-state index contributed by atoms with van der Waals surface area (Å²) in [4.78, 5) is 0. The van der Waals surface area contributed by atoms with Crippen LogP contribution in [0.15, 0.2) is 83.3 Å². The van der Waals surface area contributed by atoms with Gasteiger partial charge in [-0.05, 0) is 134 Å². The zero-order valence-corrected chi connectivity index (χ0v) is 25.5. The zero-order chi connectivity index (χ0) is 29.3. The van der Waals surface area contributed by atoms with E-state index in [2.05, 4.69) is 66.7 Å². The normalized spacial score (nSPS) is 27.0. The van der Waals surface area contributed by atoms with Gasteiger partial charge >= 0.3 is 7.48 Å². The first-order valence-corrected chi connectivity index (χ1v) is 16.1. The Morgan fingerprint density at radius 2 is 1.58 bits per heavy atom. The van der Waals surface area contributed by atoms with Crippen LogP contribution in [-0.2, 0) is 10.1 Å². The van der Waals surface area contributed by atoms with Crippen LogP contribution < -0.4 is 5.46 Å². The van der Waals surface area contributed by atoms with Gasteiger partial charge in [0.05, 0.1) is 11.2 Å². The molecule has 10 rings (SSSR count). The van der Waals surface area contributed by atoms with E-state index in [-0.39, 0.29) is 5.41 Å². The summed E-state index contributed by atoms with van der Waals surface area (Å²) in [5.41, 5.74) is 9.52. The van der Waals surface area contributed by atoms with E-state index in [1.165, 1.54) is 47.9 Å². The topological polar surface area (TPSA) is 42.6 Å². The minimum atomic E-state index is -0.993. The van der Waals surface area contributed by atoms with Crippen molar-refractivity contribution in [1.29, 1.82) is 0 Å². The van der Waals surface area contributed by atoms with E-state index in [1.54, 1.807) is 32.5 Å². The molecule has 0 amide bonds. The highest BCUT2D eigenvalue weighted by Gasteiger charge is 2.65. The smallest absolute Gasteiger partial charge is 0.334 e. The third-order valence-electron chi connectivity index (χ3n) is 12.2. The third-order valence-corrected chi connectivity index (χ3v) is 12.2. The summed E-state index contributed by atoms with van der Waals surface area (Å²) in [5, 5.41) is 12.7. The van der Waals surface area contributed by atoms with Crippen molar-refractivity contribution in [3.8, 4) is 22.3 Å². The Hall–Kier alpha value is -3.34. The molecule has 4 fully saturated rings. The number of para-hydroxylation sites is 1. The maximum atomic E-state index is 10.5. The van der Waals surface area contributed by atoms with Crippen LogP contribution in [0.5, 0.6) is 0 Å². The van der Waals surface area contributed by atoms with Crippen molar-refractivity contribution in [1.82, 2.24) is 0 Å². The summed E-state index contributed by atoms with van der Waals surface area (Å²) in [6.07, 6.45) is 5.70. The number of rotatable bonds is 5. The van der Waals surface area contributed by atoms with Gasteiger partial charge in [0.2, 0.25) is 0 Å². The van der Waals surface area contributed by atoms with Gasteiger partial charge < -0.3 is 14.2 Å². The molecular formula is C39H38BO3. The van der Waals surface area contributed by atoms with Gasteiger partial charge in [-0.15, -0.1) is 0 Å². The molecule has 1 N–H and O–H groups in total. The van der Waals surface area contributed by atoms with Crippen LogP contribution >= 0.6 is 0 Å². The lowest BCUT2D eigenvalue weighted by molar-refractivity contribution is -0.0893. The van der Waals surface area contributed by atoms with E-state index < -0.39 is 11.2 Å². The average Bonchev–Trinajstić information content (AvgIpc) is 3.66. The Labute approximate surface area is 254 Å². The number of benzene rings is 4. The van der Waals surface area contributed by atoms with Crippen LogP contribution in [0, 0.1) is 23.7 Å². The van der Waals surface area contributed by atoms with E-state index in [0.29, 0.717) is 0 Å². The molecule has 4 bridgehead atoms. The summed E-state index contributed by atoms with van der Waals surface area (Å²) in [7, 11) is 1.72. The molecule has 1 radical (unpaired) electrons. The molecule has 4 aromatic carbocycles. The van der Waals surface area contributed by atoms with Gasteiger partial charge in [-0.25, -0.2) is 0 Å². The van der Waals surface area contributed by atoms with Gasteiger partial charge in [-0.1, -0.05) is 60.7 Å². The summed E-state index contributed by atoms with van der Waals surface area (Å²) >= 11 is 0. The van der Waals surface area contributed by atoms with Crippen molar-refractivity contribution in [2.45, 2.75) is 70.0 Å². The fraction of sp³-hybridized carbons (Fsp3) is 0.385. The second kappa shape index (κ2) is 8.64. The molecule has 5 aliphatic rings. The largest absolute Gasteiger partial charge is 0.457 e. The Bertz CT molecular complexity index is 1940. The van der Waals surface area contributed by atoms with Gasteiger partial charge in [0, 0.05) is 16.2 Å². The number of hydrogen-bond donors (Lipinski definition) is 1. The second-order valence-corrected chi connectivity index (χ2v) is 14.9. The molecular weight excluding hydrogens is 527 g/mol. The molecule has 1 heterocycles. The van der Waals surface area contributed by atoms with Crippen LogP contribution in [0.25, 0.3) is 44.2 Å². The van der Waals surface area contributed by atoms with E-state index in [9.17, 15) is 5.11 Å². The second-order valence-electron chi connectivity index (χ2n) is 14.9. The van der Waals surface area contributed by atoms with E-state index in [1.807, 2.05) is 26.0 Å². The first-order valence-electron chi connectivity index (χ1n) is 16.1. The van der Waals surface area contributed by atoms with Crippen LogP contribution in [0.4, 0.5) is 0 Å². The number of hydrogen-bond acceptors (Lipinski definition) is 3. The molecule has 43 heavy (non-hydrogen) atoms. The summed E-state index contributed by atoms with van der Waals surface area (Å²) in [5.74, 6) is 3.47. The highest BCUT2D eigenvalue weighted by Crippen LogP contribution is 2.72. The summed E-state index contributed by atoms with van der Waals surface area (Å²) in [6, 6.07) is 29.4. The van der Waals surface area contributed by atoms with Crippen LogP contribution in [0.2, 0.25) is 0 Å². The first kappa shape index (κ1) is 26.1. The third kappa shape index (κ3) is 3.45. The van der Waals surface area contributed by atoms with Crippen LogP contribution in [0.3, 0.4) is 0 Å². The van der Waals surface area contributed by atoms with E-state index >= 15 is 0 Å². The SMILES string of the molecule is CC(C)(O)C(C)(C)O[B]c1cccc2c1oc1cc(-c3ccc4c(c3)-c3ccccc3C43C4CC5CC(C4)C3C5)ccc12. The molecule has 0 aliphatic heterocycles. The maximum absolute atomic E-state index is 10.5. The first-order chi connectivity index (χ1) is 20.6. The van der Waals surface area contributed by atoms with Crippen molar-refractivity contribution >= 4 is 34.9 Å². The lowest BCUT2D eigenvalue weighted by atomic mass is 9.59. The quantitative estimate of drug-likeness (QED) is 0.218. The van der Waals surface area contributed by atoms with Crippen molar-refractivity contribution < 1.29 is 14.2 Å². The van der Waals surface area contributed by atoms with Crippen molar-refractivity contribution in [2.24, 2.45) is 23.7 Å². The molecule has 5 unspecified atom stereocenters. The highest BCUT2D eigenvalue weighted by atomic mass is 16.5. The van der Waals surface area contributed by atoms with Crippen LogP contribution in [0.1, 0.15) is 64.5 Å². The Morgan fingerprint density at radius 3 is 2.42 bits per heavy atom. The van der Waals surface area contributed by atoms with Crippen molar-refractivity contribution in [3.05, 3.63) is 90.0 Å². The lowest BCUT2D eigenvalue weighted by Crippen LogP contribution is -2.49. The predicted octanol–water partition coefficient (Wildman–Crippen LogP) is 8.40. The molecule has 4 saturated carbocycles. The standard InChI is InChI=1S/C39H38BO3/c1-37(2,41)38(3,4)43-40-34-11-7-9-29-28-14-12-24(21-35(28)42-36(29)34)23-13-15-32-30(20-23)27-8-5-6-10-31(27)39(32)26-17-22-16-25(19-26)33(39)18-22/h5-15,20-22,25-26,33,41H,16-19H2,1-4H3. The molecule has 5 aliphatic carbocycles. The number of aliphatic hydroxyl groups is 1. The van der Waals surface area contributed by atoms with E-state index in [0.717, 1.165) is 51.1 Å². The van der Waals surface area contributed by atoms with Crippen LogP contribution in [-0.4, -0.2) is 23.8 Å². The predicted molar refractivity (Wildman–Crippen MR) is 175 cm³/mol. The molecule has 3 nitrogen and oxygen atoms in total. The molecule has 1 spiro atoms. The Kier molecular flexibility index (Phi) is 5.25. The molecule has 5 atom stereocenters. The van der Waals surface area contributed by atoms with Gasteiger partial charge in [-0.3, -0.25) is 0 Å². The number of furan rings is 1. The zero-order valence-electron chi connectivity index (χ0n) is 25.5. The molecule has 215 valence electrons. The molecule has 1 aromatic heterocycles. The average molecular weight is 566 g/mol. The summed E-state index contributed by atoms with van der Waals surface area (Å²) < 4.78 is 12.6. The van der Waals surface area contributed by atoms with Gasteiger partial charge in [0.1, 0.15) is 11.2 Å². The van der Waals surface area contributed by atoms with Gasteiger partial charge in [0.15, 0.2) is 0 Å². The van der Waals surface area contributed by atoms with Crippen molar-refractivity contribution in [2.75, 3.05) is 0 Å². The maximum Gasteiger partial charge on any atom is 0.334 e. The molecule has 5 aromatic rings. The van der Waals surface area contributed by atoms with Crippen molar-refractivity contribution in [3.63, 3.8) is 0 Å². The minimum Gasteiger partial charge on any atom is -0.457 e. The fourth-order valence-electron chi connectivity index (χ4n) is 9.61. The monoisotopic (exact) mass is 565 g/mol. The fourth-order valence-corrected chi connectivity index (χ4v) is 9.61. The molecule has 0 saturated heterocycles. The molecule has 4 heteroatoms. The van der Waals surface area contributed by atoms with Gasteiger partial charge in [0.25, 0.3) is 0 Å². The minimum absolute atomic E-state index is 0.222. The Balaban J connectivity index is 1.12. The lowest BCUT2D eigenvalue weighted by Gasteiger charge is -2.43. The van der Waals surface area contributed by atoms with E-state index in [4.69, 9.17) is 9.07 Å². The Morgan fingerprint density at radius 1 is 0.791 bits per heavy atom. The van der Waals surface area contributed by atoms with Gasteiger partial charge in [-0.2, -0.15) is 0 Å². The number of fused-ring (bicyclic) bond motifs is 6.